The van der Waals surface area contributed by atoms with Crippen molar-refractivity contribution in [1.82, 2.24) is 0 Å². The SMILES string of the molecule is COc1ccc(C2CCCN2c2ccc(S(C)(=O)=O)cc2[N+](=O)[O-])cc1. The van der Waals surface area contributed by atoms with Gasteiger partial charge in [0.25, 0.3) is 5.69 Å². The lowest BCUT2D eigenvalue weighted by Gasteiger charge is -2.27. The van der Waals surface area contributed by atoms with Crippen LogP contribution in [0, 0.1) is 10.1 Å². The minimum Gasteiger partial charge on any atom is -0.497 e. The van der Waals surface area contributed by atoms with E-state index in [0.29, 0.717) is 12.2 Å². The van der Waals surface area contributed by atoms with Gasteiger partial charge in [0.2, 0.25) is 0 Å². The lowest BCUT2D eigenvalue weighted by molar-refractivity contribution is -0.384. The average Bonchev–Trinajstić information content (AvgIpc) is 3.10. The van der Waals surface area contributed by atoms with Crippen LogP contribution in [0.5, 0.6) is 5.75 Å². The summed E-state index contributed by atoms with van der Waals surface area (Å²) in [6.07, 6.45) is 2.82. The van der Waals surface area contributed by atoms with Crippen LogP contribution in [0.4, 0.5) is 11.4 Å². The molecule has 0 aromatic heterocycles. The van der Waals surface area contributed by atoms with Crippen molar-refractivity contribution in [2.24, 2.45) is 0 Å². The predicted octanol–water partition coefficient (Wildman–Crippen LogP) is 3.35. The molecule has 1 heterocycles. The molecular weight excluding hydrogens is 356 g/mol. The molecule has 7 nitrogen and oxygen atoms in total. The highest BCUT2D eigenvalue weighted by atomic mass is 32.2. The predicted molar refractivity (Wildman–Crippen MR) is 98.5 cm³/mol. The number of benzene rings is 2. The molecule has 1 aliphatic rings. The van der Waals surface area contributed by atoms with Crippen molar-refractivity contribution >= 4 is 21.2 Å². The van der Waals surface area contributed by atoms with E-state index >= 15 is 0 Å². The van der Waals surface area contributed by atoms with Crippen LogP contribution in [0.15, 0.2) is 47.4 Å². The molecule has 0 aliphatic carbocycles. The van der Waals surface area contributed by atoms with Gasteiger partial charge in [0.15, 0.2) is 9.84 Å². The van der Waals surface area contributed by atoms with Gasteiger partial charge in [-0.2, -0.15) is 0 Å². The number of rotatable bonds is 5. The van der Waals surface area contributed by atoms with E-state index in [1.807, 2.05) is 29.2 Å². The van der Waals surface area contributed by atoms with Crippen LogP contribution in [0.25, 0.3) is 0 Å². The molecule has 0 N–H and O–H groups in total. The summed E-state index contributed by atoms with van der Waals surface area (Å²) >= 11 is 0. The molecule has 26 heavy (non-hydrogen) atoms. The second-order valence-electron chi connectivity index (χ2n) is 6.30. The molecule has 0 radical (unpaired) electrons. The maximum Gasteiger partial charge on any atom is 0.293 e. The van der Waals surface area contributed by atoms with Crippen molar-refractivity contribution < 1.29 is 18.1 Å². The lowest BCUT2D eigenvalue weighted by Crippen LogP contribution is -2.23. The first kappa shape index (κ1) is 18.2. The van der Waals surface area contributed by atoms with Gasteiger partial charge in [0.1, 0.15) is 11.4 Å². The van der Waals surface area contributed by atoms with Crippen LogP contribution >= 0.6 is 0 Å². The van der Waals surface area contributed by atoms with Crippen molar-refractivity contribution in [2.75, 3.05) is 24.8 Å². The Labute approximate surface area is 152 Å². The Morgan fingerprint density at radius 1 is 1.19 bits per heavy atom. The van der Waals surface area contributed by atoms with Crippen LogP contribution in [0.3, 0.4) is 0 Å². The van der Waals surface area contributed by atoms with Crippen molar-refractivity contribution in [3.63, 3.8) is 0 Å². The van der Waals surface area contributed by atoms with Crippen LogP contribution in [0.1, 0.15) is 24.4 Å². The molecule has 0 saturated carbocycles. The third-order valence-electron chi connectivity index (χ3n) is 4.63. The first-order valence-electron chi connectivity index (χ1n) is 8.20. The van der Waals surface area contributed by atoms with Gasteiger partial charge in [-0.3, -0.25) is 10.1 Å². The number of nitrogens with zero attached hydrogens (tertiary/aromatic N) is 2. The van der Waals surface area contributed by atoms with Crippen LogP contribution in [-0.2, 0) is 9.84 Å². The highest BCUT2D eigenvalue weighted by molar-refractivity contribution is 7.90. The fraction of sp³-hybridized carbons (Fsp3) is 0.333. The van der Waals surface area contributed by atoms with Gasteiger partial charge in [-0.25, -0.2) is 8.42 Å². The normalized spacial score (nSPS) is 17.3. The maximum atomic E-state index is 11.7. The van der Waals surface area contributed by atoms with Gasteiger partial charge < -0.3 is 9.64 Å². The molecule has 3 rings (SSSR count). The molecule has 2 aromatic rings. The summed E-state index contributed by atoms with van der Waals surface area (Å²) in [6.45, 7) is 0.676. The van der Waals surface area contributed by atoms with E-state index in [1.165, 1.54) is 12.1 Å². The summed E-state index contributed by atoms with van der Waals surface area (Å²) in [5.41, 5.74) is 1.30. The van der Waals surface area contributed by atoms with Crippen molar-refractivity contribution in [1.29, 1.82) is 0 Å². The summed E-state index contributed by atoms with van der Waals surface area (Å²) in [6, 6.07) is 11.8. The Bertz CT molecular complexity index is 925. The van der Waals surface area contributed by atoms with E-state index in [-0.39, 0.29) is 16.6 Å². The molecule has 0 amide bonds. The first-order chi connectivity index (χ1) is 12.3. The highest BCUT2D eigenvalue weighted by Gasteiger charge is 2.31. The van der Waals surface area contributed by atoms with E-state index in [9.17, 15) is 18.5 Å². The molecular formula is C18H20N2O5S. The number of nitro benzene ring substituents is 1. The Balaban J connectivity index is 2.02. The van der Waals surface area contributed by atoms with E-state index in [0.717, 1.165) is 36.5 Å². The molecule has 8 heteroatoms. The third kappa shape index (κ3) is 3.50. The molecule has 1 aliphatic heterocycles. The first-order valence-corrected chi connectivity index (χ1v) is 10.1. The zero-order valence-electron chi connectivity index (χ0n) is 14.6. The van der Waals surface area contributed by atoms with Crippen LogP contribution < -0.4 is 9.64 Å². The number of anilines is 1. The monoisotopic (exact) mass is 376 g/mol. The topological polar surface area (TPSA) is 89.8 Å². The van der Waals surface area contributed by atoms with E-state index in [2.05, 4.69) is 0 Å². The summed E-state index contributed by atoms with van der Waals surface area (Å²) in [5.74, 6) is 0.752. The minimum atomic E-state index is -3.51. The highest BCUT2D eigenvalue weighted by Crippen LogP contribution is 2.41. The molecule has 0 spiro atoms. The molecule has 1 unspecified atom stereocenters. The van der Waals surface area contributed by atoms with Gasteiger partial charge >= 0.3 is 0 Å². The summed E-state index contributed by atoms with van der Waals surface area (Å²) < 4.78 is 28.7. The molecule has 0 bridgehead atoms. The number of ether oxygens (including phenoxy) is 1. The van der Waals surface area contributed by atoms with E-state index in [1.54, 1.807) is 7.11 Å². The molecule has 1 fully saturated rings. The zero-order valence-corrected chi connectivity index (χ0v) is 15.4. The standard InChI is InChI=1S/C18H20N2O5S/c1-25-14-7-5-13(6-8-14)16-4-3-11-19(16)17-10-9-15(26(2,23)24)12-18(17)20(21)22/h5-10,12,16H,3-4,11H2,1-2H3. The second-order valence-corrected chi connectivity index (χ2v) is 8.32. The van der Waals surface area contributed by atoms with Gasteiger partial charge in [-0.1, -0.05) is 12.1 Å². The number of sulfone groups is 1. The van der Waals surface area contributed by atoms with Gasteiger partial charge in [-0.05, 0) is 42.7 Å². The van der Waals surface area contributed by atoms with E-state index in [4.69, 9.17) is 4.74 Å². The Hall–Kier alpha value is -2.61. The Morgan fingerprint density at radius 3 is 2.46 bits per heavy atom. The quantitative estimate of drug-likeness (QED) is 0.587. The summed E-state index contributed by atoms with van der Waals surface area (Å²) in [5, 5.41) is 11.6. The van der Waals surface area contributed by atoms with Crippen LogP contribution in [-0.4, -0.2) is 33.3 Å². The van der Waals surface area contributed by atoms with Crippen molar-refractivity contribution in [3.05, 3.63) is 58.1 Å². The third-order valence-corrected chi connectivity index (χ3v) is 5.74. The van der Waals surface area contributed by atoms with Crippen molar-refractivity contribution in [3.8, 4) is 5.75 Å². The van der Waals surface area contributed by atoms with Gasteiger partial charge in [0, 0.05) is 18.9 Å². The maximum absolute atomic E-state index is 11.7. The number of methoxy groups -OCH3 is 1. The number of hydrogen-bond donors (Lipinski definition) is 0. The van der Waals surface area contributed by atoms with E-state index < -0.39 is 14.8 Å². The second kappa shape index (κ2) is 6.95. The average molecular weight is 376 g/mol. The Morgan fingerprint density at radius 2 is 1.88 bits per heavy atom. The largest absolute Gasteiger partial charge is 0.497 e. The Kier molecular flexibility index (Phi) is 4.86. The number of hydrogen-bond acceptors (Lipinski definition) is 6. The molecule has 1 saturated heterocycles. The molecule has 138 valence electrons. The number of nitro groups is 1. The lowest BCUT2D eigenvalue weighted by atomic mass is 10.0. The van der Waals surface area contributed by atoms with Gasteiger partial charge in [-0.15, -0.1) is 0 Å². The zero-order chi connectivity index (χ0) is 18.9. The molecule has 2 aromatic carbocycles. The van der Waals surface area contributed by atoms with Crippen LogP contribution in [0.2, 0.25) is 0 Å². The molecule has 1 atom stereocenters. The fourth-order valence-corrected chi connectivity index (χ4v) is 3.99. The summed E-state index contributed by atoms with van der Waals surface area (Å²) in [4.78, 5) is 13.0. The van der Waals surface area contributed by atoms with Gasteiger partial charge in [0.05, 0.1) is 23.0 Å². The summed E-state index contributed by atoms with van der Waals surface area (Å²) in [7, 11) is -1.91. The fourth-order valence-electron chi connectivity index (χ4n) is 3.35. The smallest absolute Gasteiger partial charge is 0.293 e. The minimum absolute atomic E-state index is 0.00342. The van der Waals surface area contributed by atoms with Crippen molar-refractivity contribution in [2.45, 2.75) is 23.8 Å².